The van der Waals surface area contributed by atoms with Gasteiger partial charge in [0.05, 0.1) is 11.4 Å². The van der Waals surface area contributed by atoms with E-state index in [9.17, 15) is 9.18 Å². The van der Waals surface area contributed by atoms with Gasteiger partial charge in [0, 0.05) is 5.56 Å². The van der Waals surface area contributed by atoms with E-state index >= 15 is 0 Å². The Morgan fingerprint density at radius 3 is 2.18 bits per heavy atom. The number of hydrogen-bond donors (Lipinski definition) is 4. The van der Waals surface area contributed by atoms with Crippen LogP contribution in [-0.2, 0) is 0 Å². The smallest absolute Gasteiger partial charge is 0.255 e. The summed E-state index contributed by atoms with van der Waals surface area (Å²) >= 11 is 3.92. The predicted octanol–water partition coefficient (Wildman–Crippen LogP) is 4.59. The zero-order chi connectivity index (χ0) is 20.4. The number of hydrogen-bond acceptors (Lipinski definition) is 4. The number of amides is 1. The highest BCUT2D eigenvalue weighted by atomic mass is 32.1. The zero-order valence-electron chi connectivity index (χ0n) is 15.4. The summed E-state index contributed by atoms with van der Waals surface area (Å²) in [6, 6.07) is 20.4. The normalized spacial score (nSPS) is 9.96. The summed E-state index contributed by atoms with van der Waals surface area (Å²) in [5.41, 5.74) is 14.3. The Labute approximate surface area is 170 Å². The second-order valence-corrected chi connectivity index (χ2v) is 6.44. The zero-order valence-corrected chi connectivity index (χ0v) is 16.3. The number of benzene rings is 3. The molecule has 0 fully saturated rings. The summed E-state index contributed by atoms with van der Waals surface area (Å²) in [4.78, 5) is 12.2. The van der Waals surface area contributed by atoms with Crippen molar-refractivity contribution in [3.05, 3.63) is 84.2 Å². The summed E-state index contributed by atoms with van der Waals surface area (Å²) in [6.45, 7) is 0.767. The van der Waals surface area contributed by atoms with Crippen molar-refractivity contribution in [2.75, 3.05) is 23.3 Å². The van der Waals surface area contributed by atoms with E-state index in [0.717, 1.165) is 29.8 Å². The van der Waals surface area contributed by atoms with Gasteiger partial charge in [0.2, 0.25) is 0 Å². The van der Waals surface area contributed by atoms with Crippen LogP contribution in [0.2, 0.25) is 0 Å². The van der Waals surface area contributed by atoms with Crippen molar-refractivity contribution in [1.29, 1.82) is 0 Å². The van der Waals surface area contributed by atoms with Gasteiger partial charge < -0.3 is 16.8 Å². The highest BCUT2D eigenvalue weighted by Gasteiger charge is 2.09. The Morgan fingerprint density at radius 2 is 1.61 bits per heavy atom. The van der Waals surface area contributed by atoms with Gasteiger partial charge in [0.25, 0.3) is 5.91 Å². The molecule has 0 radical (unpaired) electrons. The molecule has 6 heteroatoms. The molecule has 0 heterocycles. The maximum absolute atomic E-state index is 13.0. The predicted molar refractivity (Wildman–Crippen MR) is 118 cm³/mol. The van der Waals surface area contributed by atoms with E-state index in [2.05, 4.69) is 17.9 Å². The van der Waals surface area contributed by atoms with Crippen molar-refractivity contribution in [2.45, 2.75) is 6.42 Å². The Morgan fingerprint density at radius 1 is 0.964 bits per heavy atom. The Kier molecular flexibility index (Phi) is 8.52. The molecule has 0 aliphatic rings. The molecular formula is C22H24FN3OS. The van der Waals surface area contributed by atoms with E-state index in [1.165, 1.54) is 12.1 Å². The lowest BCUT2D eigenvalue weighted by atomic mass is 10.0. The van der Waals surface area contributed by atoms with Crippen LogP contribution in [-0.4, -0.2) is 18.2 Å². The van der Waals surface area contributed by atoms with Crippen LogP contribution in [0.15, 0.2) is 72.8 Å². The number of rotatable bonds is 5. The number of halogens is 1. The molecule has 0 saturated heterocycles. The van der Waals surface area contributed by atoms with E-state index in [1.807, 2.05) is 12.1 Å². The third-order valence-electron chi connectivity index (χ3n) is 3.88. The van der Waals surface area contributed by atoms with Crippen molar-refractivity contribution < 1.29 is 9.18 Å². The summed E-state index contributed by atoms with van der Waals surface area (Å²) in [5.74, 6) is 0.395. The lowest BCUT2D eigenvalue weighted by molar-refractivity contribution is 0.102. The highest BCUT2D eigenvalue weighted by molar-refractivity contribution is 7.80. The van der Waals surface area contributed by atoms with Crippen molar-refractivity contribution >= 4 is 29.9 Å². The van der Waals surface area contributed by atoms with Crippen LogP contribution in [0.25, 0.3) is 11.1 Å². The Hall–Kier alpha value is -2.83. The van der Waals surface area contributed by atoms with Gasteiger partial charge in [-0.15, -0.1) is 0 Å². The number of nitrogen functional groups attached to an aromatic ring is 1. The fourth-order valence-electron chi connectivity index (χ4n) is 2.36. The molecule has 0 aliphatic carbocycles. The number of nitrogens with one attached hydrogen (secondary N) is 1. The van der Waals surface area contributed by atoms with Crippen molar-refractivity contribution in [3.63, 3.8) is 0 Å². The lowest BCUT2D eigenvalue weighted by Crippen LogP contribution is -2.13. The monoisotopic (exact) mass is 397 g/mol. The molecule has 0 unspecified atom stereocenters. The van der Waals surface area contributed by atoms with Gasteiger partial charge in [0.1, 0.15) is 5.82 Å². The van der Waals surface area contributed by atoms with E-state index < -0.39 is 0 Å². The van der Waals surface area contributed by atoms with Crippen LogP contribution in [0, 0.1) is 5.82 Å². The number of anilines is 2. The maximum Gasteiger partial charge on any atom is 0.255 e. The molecule has 3 aromatic carbocycles. The molecule has 5 N–H and O–H groups in total. The standard InChI is InChI=1S/C19H15FN2O.C3H9NS/c20-16-9-6-13(7-10-16)15-8-11-17(21)18(12-15)22-19(23)14-4-2-1-3-5-14;4-2-1-3-5/h1-12H,21H2,(H,22,23);5H,1-4H2. The molecule has 0 aromatic heterocycles. The third-order valence-corrected chi connectivity index (χ3v) is 4.19. The van der Waals surface area contributed by atoms with Gasteiger partial charge >= 0.3 is 0 Å². The summed E-state index contributed by atoms with van der Waals surface area (Å²) in [7, 11) is 0. The van der Waals surface area contributed by atoms with Crippen molar-refractivity contribution in [3.8, 4) is 11.1 Å². The van der Waals surface area contributed by atoms with Gasteiger partial charge in [-0.3, -0.25) is 4.79 Å². The first-order chi connectivity index (χ1) is 13.5. The minimum absolute atomic E-state index is 0.228. The van der Waals surface area contributed by atoms with Gasteiger partial charge in [-0.2, -0.15) is 12.6 Å². The van der Waals surface area contributed by atoms with Crippen LogP contribution in [0.3, 0.4) is 0 Å². The molecule has 0 saturated carbocycles. The van der Waals surface area contributed by atoms with Gasteiger partial charge in [-0.25, -0.2) is 4.39 Å². The number of thiol groups is 1. The molecule has 0 bridgehead atoms. The van der Waals surface area contributed by atoms with Crippen molar-refractivity contribution in [1.82, 2.24) is 0 Å². The number of carbonyl (C=O) groups is 1. The first-order valence-corrected chi connectivity index (χ1v) is 9.51. The molecule has 3 aromatic rings. The maximum atomic E-state index is 13.0. The Balaban J connectivity index is 0.000000500. The molecule has 0 aliphatic heterocycles. The minimum Gasteiger partial charge on any atom is -0.397 e. The summed E-state index contributed by atoms with van der Waals surface area (Å²) in [5, 5.41) is 2.81. The first kappa shape index (κ1) is 21.5. The number of nitrogens with two attached hydrogens (primary N) is 2. The third kappa shape index (κ3) is 6.40. The van der Waals surface area contributed by atoms with E-state index in [-0.39, 0.29) is 11.7 Å². The molecule has 146 valence electrons. The molecule has 3 rings (SSSR count). The molecular weight excluding hydrogens is 373 g/mol. The SMILES string of the molecule is NCCCS.Nc1ccc(-c2ccc(F)cc2)cc1NC(=O)c1ccccc1. The summed E-state index contributed by atoms with van der Waals surface area (Å²) in [6.07, 6.45) is 1.03. The molecule has 1 amide bonds. The fourth-order valence-corrected chi connectivity index (χ4v) is 2.54. The molecule has 4 nitrogen and oxygen atoms in total. The molecule has 28 heavy (non-hydrogen) atoms. The van der Waals surface area contributed by atoms with Crippen molar-refractivity contribution in [2.24, 2.45) is 5.73 Å². The van der Waals surface area contributed by atoms with Gasteiger partial charge in [-0.05, 0) is 66.2 Å². The van der Waals surface area contributed by atoms with Crippen LogP contribution >= 0.6 is 12.6 Å². The fraction of sp³-hybridized carbons (Fsp3) is 0.136. The largest absolute Gasteiger partial charge is 0.397 e. The highest BCUT2D eigenvalue weighted by Crippen LogP contribution is 2.27. The van der Waals surface area contributed by atoms with Crippen LogP contribution in [0.4, 0.5) is 15.8 Å². The summed E-state index contributed by atoms with van der Waals surface area (Å²) < 4.78 is 13.0. The molecule has 0 spiro atoms. The molecule has 0 atom stereocenters. The number of carbonyl (C=O) groups excluding carboxylic acids is 1. The van der Waals surface area contributed by atoms with E-state index in [1.54, 1.807) is 48.5 Å². The first-order valence-electron chi connectivity index (χ1n) is 8.88. The second-order valence-electron chi connectivity index (χ2n) is 5.99. The van der Waals surface area contributed by atoms with Gasteiger partial charge in [0.15, 0.2) is 0 Å². The topological polar surface area (TPSA) is 81.1 Å². The second kappa shape index (κ2) is 11.1. The quantitative estimate of drug-likeness (QED) is 0.375. The van der Waals surface area contributed by atoms with E-state index in [4.69, 9.17) is 11.5 Å². The lowest BCUT2D eigenvalue weighted by Gasteiger charge is -2.11. The van der Waals surface area contributed by atoms with E-state index in [0.29, 0.717) is 16.9 Å². The van der Waals surface area contributed by atoms with Crippen LogP contribution in [0.5, 0.6) is 0 Å². The average Bonchev–Trinajstić information content (AvgIpc) is 2.72. The van der Waals surface area contributed by atoms with Crippen LogP contribution in [0.1, 0.15) is 16.8 Å². The minimum atomic E-state index is -0.290. The van der Waals surface area contributed by atoms with Gasteiger partial charge in [-0.1, -0.05) is 36.4 Å². The average molecular weight is 398 g/mol. The Bertz CT molecular complexity index is 884. The van der Waals surface area contributed by atoms with Crippen LogP contribution < -0.4 is 16.8 Å².